The monoisotopic (exact) mass is 372 g/mol. The largest absolute Gasteiger partial charge is 0.340 e. The van der Waals surface area contributed by atoms with Gasteiger partial charge in [0.2, 0.25) is 0 Å². The van der Waals surface area contributed by atoms with E-state index in [-0.39, 0.29) is 11.9 Å². The summed E-state index contributed by atoms with van der Waals surface area (Å²) >= 11 is 0. The average molecular weight is 373 g/mol. The topological polar surface area (TPSA) is 32.7 Å². The molecule has 0 spiro atoms. The molecule has 1 unspecified atom stereocenters. The SMILES string of the molecule is CC#CC1=CN(c2ccc(F)c(/C(C)=N/S(=O)C(C)(C)C)c2)[C@H](C)C=C1. The summed E-state index contributed by atoms with van der Waals surface area (Å²) in [6.45, 7) is 11.1. The summed E-state index contributed by atoms with van der Waals surface area (Å²) in [5, 5.41) is 0. The van der Waals surface area contributed by atoms with Gasteiger partial charge in [0, 0.05) is 29.1 Å². The minimum Gasteiger partial charge on any atom is -0.340 e. The van der Waals surface area contributed by atoms with E-state index in [2.05, 4.69) is 29.2 Å². The van der Waals surface area contributed by atoms with Crippen LogP contribution in [0.5, 0.6) is 0 Å². The maximum atomic E-state index is 14.4. The van der Waals surface area contributed by atoms with Gasteiger partial charge in [-0.25, -0.2) is 8.60 Å². The first kappa shape index (κ1) is 20.1. The van der Waals surface area contributed by atoms with Crippen molar-refractivity contribution in [3.8, 4) is 11.8 Å². The van der Waals surface area contributed by atoms with Crippen LogP contribution in [0.25, 0.3) is 0 Å². The highest BCUT2D eigenvalue weighted by atomic mass is 32.2. The van der Waals surface area contributed by atoms with Crippen LogP contribution < -0.4 is 4.90 Å². The number of benzene rings is 1. The van der Waals surface area contributed by atoms with Gasteiger partial charge in [-0.05, 0) is 65.8 Å². The number of rotatable bonds is 3. The van der Waals surface area contributed by atoms with Gasteiger partial charge < -0.3 is 4.90 Å². The van der Waals surface area contributed by atoms with E-state index in [1.165, 1.54) is 6.07 Å². The summed E-state index contributed by atoms with van der Waals surface area (Å²) < 4.78 is 30.4. The van der Waals surface area contributed by atoms with E-state index >= 15 is 0 Å². The summed E-state index contributed by atoms with van der Waals surface area (Å²) in [4.78, 5) is 2.04. The van der Waals surface area contributed by atoms with Crippen LogP contribution in [0.15, 0.2) is 46.5 Å². The van der Waals surface area contributed by atoms with Gasteiger partial charge in [0.25, 0.3) is 0 Å². The standard InChI is InChI=1S/C21H25FN2OS/c1-7-8-17-10-9-15(2)24(14-17)18-11-12-20(22)19(13-18)16(3)23-26(25)21(4,5)6/h9-15H,1-6H3/b23-16+/t15-,26?/m1/s1. The normalized spacial score (nSPS) is 18.9. The zero-order valence-corrected chi connectivity index (χ0v) is 16.9. The second-order valence-electron chi connectivity index (χ2n) is 7.17. The summed E-state index contributed by atoms with van der Waals surface area (Å²) in [5.41, 5.74) is 2.52. The van der Waals surface area contributed by atoms with Crippen LogP contribution in [-0.2, 0) is 11.0 Å². The molecule has 138 valence electrons. The Morgan fingerprint density at radius 2 is 2.04 bits per heavy atom. The molecule has 1 aliphatic rings. The smallest absolute Gasteiger partial charge is 0.145 e. The van der Waals surface area contributed by atoms with Gasteiger partial charge in [-0.3, -0.25) is 0 Å². The molecule has 2 atom stereocenters. The fourth-order valence-electron chi connectivity index (χ4n) is 2.44. The zero-order chi connectivity index (χ0) is 19.5. The number of allylic oxidation sites excluding steroid dienone is 2. The molecule has 1 aromatic carbocycles. The Morgan fingerprint density at radius 3 is 2.65 bits per heavy atom. The second kappa shape index (κ2) is 8.01. The maximum Gasteiger partial charge on any atom is 0.145 e. The molecule has 0 amide bonds. The van der Waals surface area contributed by atoms with Crippen molar-refractivity contribution in [2.24, 2.45) is 4.40 Å². The number of hydrogen-bond acceptors (Lipinski definition) is 2. The molecule has 0 radical (unpaired) electrons. The third-order valence-corrected chi connectivity index (χ3v) is 5.41. The Hall–Kier alpha value is -2.19. The van der Waals surface area contributed by atoms with Crippen LogP contribution in [-0.4, -0.2) is 20.7 Å². The highest BCUT2D eigenvalue weighted by Gasteiger charge is 2.21. The van der Waals surface area contributed by atoms with Gasteiger partial charge >= 0.3 is 0 Å². The van der Waals surface area contributed by atoms with Crippen LogP contribution in [0.1, 0.15) is 47.1 Å². The molecule has 0 saturated carbocycles. The average Bonchev–Trinajstić information content (AvgIpc) is 2.56. The summed E-state index contributed by atoms with van der Waals surface area (Å²) in [5.74, 6) is 5.55. The van der Waals surface area contributed by atoms with Crippen molar-refractivity contribution in [2.75, 3.05) is 4.90 Å². The van der Waals surface area contributed by atoms with Crippen LogP contribution in [0, 0.1) is 17.7 Å². The van der Waals surface area contributed by atoms with E-state index in [0.717, 1.165) is 11.3 Å². The fraction of sp³-hybridized carbons (Fsp3) is 0.381. The quantitative estimate of drug-likeness (QED) is 0.566. The summed E-state index contributed by atoms with van der Waals surface area (Å²) in [6.07, 6.45) is 6.00. The first-order valence-electron chi connectivity index (χ1n) is 8.52. The Labute approximate surface area is 158 Å². The van der Waals surface area contributed by atoms with Gasteiger partial charge in [-0.15, -0.1) is 5.92 Å². The molecule has 5 heteroatoms. The molecule has 2 rings (SSSR count). The first-order chi connectivity index (χ1) is 12.1. The van der Waals surface area contributed by atoms with Gasteiger partial charge in [0.05, 0.1) is 10.5 Å². The predicted molar refractivity (Wildman–Crippen MR) is 109 cm³/mol. The van der Waals surface area contributed by atoms with E-state index < -0.39 is 15.7 Å². The van der Waals surface area contributed by atoms with E-state index in [4.69, 9.17) is 0 Å². The Kier molecular flexibility index (Phi) is 6.20. The van der Waals surface area contributed by atoms with Crippen LogP contribution in [0.2, 0.25) is 0 Å². The van der Waals surface area contributed by atoms with E-state index in [0.29, 0.717) is 11.3 Å². The molecular formula is C21H25FN2OS. The Balaban J connectivity index is 2.44. The minimum atomic E-state index is -1.44. The number of halogens is 1. The lowest BCUT2D eigenvalue weighted by Gasteiger charge is -2.29. The lowest BCUT2D eigenvalue weighted by molar-refractivity contribution is 0.624. The summed E-state index contributed by atoms with van der Waals surface area (Å²) in [7, 11) is -1.44. The third-order valence-electron chi connectivity index (χ3n) is 3.92. The van der Waals surface area contributed by atoms with Gasteiger partial charge in [0.1, 0.15) is 16.8 Å². The van der Waals surface area contributed by atoms with Crippen molar-refractivity contribution in [3.05, 3.63) is 53.5 Å². The molecule has 3 nitrogen and oxygen atoms in total. The first-order valence-corrected chi connectivity index (χ1v) is 9.62. The van der Waals surface area contributed by atoms with Crippen LogP contribution in [0.4, 0.5) is 10.1 Å². The lowest BCUT2D eigenvalue weighted by Crippen LogP contribution is -2.28. The van der Waals surface area contributed by atoms with Crippen molar-refractivity contribution in [1.82, 2.24) is 0 Å². The molecular weight excluding hydrogens is 347 g/mol. The van der Waals surface area contributed by atoms with Crippen LogP contribution >= 0.6 is 0 Å². The van der Waals surface area contributed by atoms with Crippen molar-refractivity contribution >= 4 is 22.4 Å². The molecule has 0 N–H and O–H groups in total. The van der Waals surface area contributed by atoms with E-state index in [1.54, 1.807) is 26.0 Å². The molecule has 1 aromatic rings. The van der Waals surface area contributed by atoms with Gasteiger partial charge in [-0.1, -0.05) is 12.0 Å². The highest BCUT2D eigenvalue weighted by molar-refractivity contribution is 7.85. The molecule has 1 heterocycles. The van der Waals surface area contributed by atoms with Crippen molar-refractivity contribution in [1.29, 1.82) is 0 Å². The Morgan fingerprint density at radius 1 is 1.35 bits per heavy atom. The van der Waals surface area contributed by atoms with E-state index in [9.17, 15) is 8.60 Å². The second-order valence-corrected chi connectivity index (χ2v) is 9.07. The maximum absolute atomic E-state index is 14.4. The van der Waals surface area contributed by atoms with Crippen molar-refractivity contribution in [3.63, 3.8) is 0 Å². The number of anilines is 1. The van der Waals surface area contributed by atoms with Gasteiger partial charge in [0.15, 0.2) is 0 Å². The molecule has 0 fully saturated rings. The molecule has 0 aromatic heterocycles. The molecule has 1 aliphatic heterocycles. The van der Waals surface area contributed by atoms with Gasteiger partial charge in [-0.2, -0.15) is 4.40 Å². The number of nitrogens with zero attached hydrogens (tertiary/aromatic N) is 2. The molecule has 0 bridgehead atoms. The predicted octanol–water partition coefficient (Wildman–Crippen LogP) is 4.77. The fourth-order valence-corrected chi connectivity index (χ4v) is 3.06. The molecule has 0 aliphatic carbocycles. The van der Waals surface area contributed by atoms with Crippen molar-refractivity contribution < 1.29 is 8.60 Å². The zero-order valence-electron chi connectivity index (χ0n) is 16.1. The third kappa shape index (κ3) is 4.70. The molecule has 26 heavy (non-hydrogen) atoms. The summed E-state index contributed by atoms with van der Waals surface area (Å²) in [6, 6.07) is 5.03. The lowest BCUT2D eigenvalue weighted by atomic mass is 10.1. The van der Waals surface area contributed by atoms with Crippen molar-refractivity contribution in [2.45, 2.75) is 52.3 Å². The molecule has 0 saturated heterocycles. The van der Waals surface area contributed by atoms with E-state index in [1.807, 2.05) is 37.9 Å². The van der Waals surface area contributed by atoms with Crippen LogP contribution in [0.3, 0.4) is 0 Å². The Bertz CT molecular complexity index is 866. The number of hydrogen-bond donors (Lipinski definition) is 0. The highest BCUT2D eigenvalue weighted by Crippen LogP contribution is 2.26. The minimum absolute atomic E-state index is 0.122.